The zero-order chi connectivity index (χ0) is 10.1. The van der Waals surface area contributed by atoms with Crippen LogP contribution in [0, 0.1) is 5.92 Å². The molecule has 0 bridgehead atoms. The SMILES string of the molecule is CC1NC(=O)CN(CCC2CC2)C1=O. The van der Waals surface area contributed by atoms with E-state index in [0.717, 1.165) is 18.9 Å². The number of carbonyl (C=O) groups is 2. The topological polar surface area (TPSA) is 49.4 Å². The summed E-state index contributed by atoms with van der Waals surface area (Å²) in [6.07, 6.45) is 3.65. The average Bonchev–Trinajstić information content (AvgIpc) is 2.92. The van der Waals surface area contributed by atoms with Crippen LogP contribution in [-0.2, 0) is 9.59 Å². The summed E-state index contributed by atoms with van der Waals surface area (Å²) in [7, 11) is 0. The molecular weight excluding hydrogens is 180 g/mol. The highest BCUT2D eigenvalue weighted by Crippen LogP contribution is 2.32. The Morgan fingerprint density at radius 1 is 1.43 bits per heavy atom. The lowest BCUT2D eigenvalue weighted by atomic mass is 10.2. The van der Waals surface area contributed by atoms with Gasteiger partial charge in [0.2, 0.25) is 11.8 Å². The van der Waals surface area contributed by atoms with Crippen molar-refractivity contribution in [2.45, 2.75) is 32.2 Å². The molecule has 1 saturated heterocycles. The quantitative estimate of drug-likeness (QED) is 0.697. The van der Waals surface area contributed by atoms with E-state index in [1.807, 2.05) is 0 Å². The van der Waals surface area contributed by atoms with Crippen molar-refractivity contribution in [3.05, 3.63) is 0 Å². The normalized spacial score (nSPS) is 27.8. The van der Waals surface area contributed by atoms with E-state index in [9.17, 15) is 9.59 Å². The third kappa shape index (κ3) is 2.05. The van der Waals surface area contributed by atoms with Crippen LogP contribution >= 0.6 is 0 Å². The Bertz CT molecular complexity index is 261. The Labute approximate surface area is 83.6 Å². The molecule has 0 aromatic rings. The lowest BCUT2D eigenvalue weighted by Crippen LogP contribution is -2.56. The van der Waals surface area contributed by atoms with Crippen LogP contribution in [0.15, 0.2) is 0 Å². The second-order valence-electron chi connectivity index (χ2n) is 4.28. The van der Waals surface area contributed by atoms with Gasteiger partial charge in [-0.05, 0) is 19.3 Å². The van der Waals surface area contributed by atoms with Gasteiger partial charge in [-0.15, -0.1) is 0 Å². The molecule has 1 unspecified atom stereocenters. The minimum Gasteiger partial charge on any atom is -0.343 e. The number of amides is 2. The van der Waals surface area contributed by atoms with Gasteiger partial charge >= 0.3 is 0 Å². The van der Waals surface area contributed by atoms with Gasteiger partial charge in [0.05, 0.1) is 6.54 Å². The Kier molecular flexibility index (Phi) is 2.44. The molecule has 0 spiro atoms. The smallest absolute Gasteiger partial charge is 0.245 e. The zero-order valence-electron chi connectivity index (χ0n) is 8.45. The molecular formula is C10H16N2O2. The fraction of sp³-hybridized carbons (Fsp3) is 0.800. The highest BCUT2D eigenvalue weighted by atomic mass is 16.2. The zero-order valence-corrected chi connectivity index (χ0v) is 8.45. The molecule has 14 heavy (non-hydrogen) atoms. The number of nitrogens with zero attached hydrogens (tertiary/aromatic N) is 1. The van der Waals surface area contributed by atoms with Gasteiger partial charge in [0.15, 0.2) is 0 Å². The van der Waals surface area contributed by atoms with Crippen molar-refractivity contribution in [3.63, 3.8) is 0 Å². The van der Waals surface area contributed by atoms with Crippen LogP contribution in [0.5, 0.6) is 0 Å². The van der Waals surface area contributed by atoms with Crippen LogP contribution in [0.4, 0.5) is 0 Å². The number of piperazine rings is 1. The van der Waals surface area contributed by atoms with Crippen LogP contribution in [0.25, 0.3) is 0 Å². The fourth-order valence-corrected chi connectivity index (χ4v) is 1.81. The Morgan fingerprint density at radius 3 is 2.79 bits per heavy atom. The van der Waals surface area contributed by atoms with Crippen molar-refractivity contribution in [2.75, 3.05) is 13.1 Å². The number of hydrogen-bond acceptors (Lipinski definition) is 2. The molecule has 0 aromatic heterocycles. The van der Waals surface area contributed by atoms with Crippen molar-refractivity contribution in [3.8, 4) is 0 Å². The van der Waals surface area contributed by atoms with Gasteiger partial charge in [-0.2, -0.15) is 0 Å². The van der Waals surface area contributed by atoms with Crippen LogP contribution < -0.4 is 5.32 Å². The first-order chi connectivity index (χ1) is 6.66. The highest BCUT2D eigenvalue weighted by Gasteiger charge is 2.30. The maximum Gasteiger partial charge on any atom is 0.245 e. The largest absolute Gasteiger partial charge is 0.343 e. The molecule has 78 valence electrons. The van der Waals surface area contributed by atoms with E-state index in [-0.39, 0.29) is 24.4 Å². The summed E-state index contributed by atoms with van der Waals surface area (Å²) < 4.78 is 0. The summed E-state index contributed by atoms with van der Waals surface area (Å²) in [5, 5.41) is 2.63. The predicted molar refractivity (Wildman–Crippen MR) is 51.5 cm³/mol. The van der Waals surface area contributed by atoms with Gasteiger partial charge in [0.1, 0.15) is 6.04 Å². The molecule has 0 aromatic carbocycles. The van der Waals surface area contributed by atoms with Gasteiger partial charge in [0, 0.05) is 6.54 Å². The number of rotatable bonds is 3. The fourth-order valence-electron chi connectivity index (χ4n) is 1.81. The third-order valence-corrected chi connectivity index (χ3v) is 2.90. The van der Waals surface area contributed by atoms with Crippen molar-refractivity contribution < 1.29 is 9.59 Å². The maximum absolute atomic E-state index is 11.6. The molecule has 2 aliphatic rings. The van der Waals surface area contributed by atoms with E-state index < -0.39 is 0 Å². The summed E-state index contributed by atoms with van der Waals surface area (Å²) in [6.45, 7) is 2.74. The number of carbonyl (C=O) groups excluding carboxylic acids is 2. The monoisotopic (exact) mass is 196 g/mol. The van der Waals surface area contributed by atoms with Crippen molar-refractivity contribution in [2.24, 2.45) is 5.92 Å². The summed E-state index contributed by atoms with van der Waals surface area (Å²) in [6, 6.07) is -0.338. The average molecular weight is 196 g/mol. The second-order valence-corrected chi connectivity index (χ2v) is 4.28. The lowest BCUT2D eigenvalue weighted by Gasteiger charge is -2.30. The molecule has 2 rings (SSSR count). The van der Waals surface area contributed by atoms with Crippen molar-refractivity contribution >= 4 is 11.8 Å². The predicted octanol–water partition coefficient (Wildman–Crippen LogP) is 0.133. The Balaban J connectivity index is 1.87. The molecule has 0 radical (unpaired) electrons. The standard InChI is InChI=1S/C10H16N2O2/c1-7-10(14)12(6-9(13)11-7)5-4-8-2-3-8/h7-8H,2-6H2,1H3,(H,11,13). The second kappa shape index (κ2) is 3.59. The van der Waals surface area contributed by atoms with Crippen LogP contribution in [0.1, 0.15) is 26.2 Å². The van der Waals surface area contributed by atoms with Gasteiger partial charge in [0.25, 0.3) is 0 Å². The van der Waals surface area contributed by atoms with E-state index in [1.165, 1.54) is 12.8 Å². The first-order valence-corrected chi connectivity index (χ1v) is 5.25. The number of nitrogens with one attached hydrogen (secondary N) is 1. The molecule has 1 aliphatic heterocycles. The maximum atomic E-state index is 11.6. The Morgan fingerprint density at radius 2 is 2.14 bits per heavy atom. The van der Waals surface area contributed by atoms with E-state index in [2.05, 4.69) is 5.32 Å². The van der Waals surface area contributed by atoms with Crippen molar-refractivity contribution in [1.82, 2.24) is 10.2 Å². The summed E-state index contributed by atoms with van der Waals surface area (Å²) in [4.78, 5) is 24.5. The number of hydrogen-bond donors (Lipinski definition) is 1. The van der Waals surface area contributed by atoms with E-state index in [4.69, 9.17) is 0 Å². The molecule has 1 saturated carbocycles. The summed E-state index contributed by atoms with van der Waals surface area (Å²) in [5.41, 5.74) is 0. The molecule has 4 nitrogen and oxygen atoms in total. The third-order valence-electron chi connectivity index (χ3n) is 2.90. The first kappa shape index (κ1) is 9.49. The van der Waals surface area contributed by atoms with Crippen LogP contribution in [-0.4, -0.2) is 35.8 Å². The minimum atomic E-state index is -0.338. The molecule has 1 N–H and O–H groups in total. The van der Waals surface area contributed by atoms with Gasteiger partial charge < -0.3 is 10.2 Å². The molecule has 1 atom stereocenters. The molecule has 4 heteroatoms. The van der Waals surface area contributed by atoms with Gasteiger partial charge in [-0.1, -0.05) is 12.8 Å². The lowest BCUT2D eigenvalue weighted by molar-refractivity contribution is -0.143. The highest BCUT2D eigenvalue weighted by molar-refractivity contribution is 5.94. The molecule has 2 amide bonds. The molecule has 1 heterocycles. The van der Waals surface area contributed by atoms with E-state index in [1.54, 1.807) is 11.8 Å². The minimum absolute atomic E-state index is 0.0344. The van der Waals surface area contributed by atoms with E-state index in [0.29, 0.717) is 0 Å². The van der Waals surface area contributed by atoms with Gasteiger partial charge in [-0.3, -0.25) is 9.59 Å². The summed E-state index contributed by atoms with van der Waals surface area (Å²) >= 11 is 0. The first-order valence-electron chi connectivity index (χ1n) is 5.25. The van der Waals surface area contributed by atoms with E-state index >= 15 is 0 Å². The molecule has 2 fully saturated rings. The Hall–Kier alpha value is -1.06. The summed E-state index contributed by atoms with van der Waals surface area (Å²) in [5.74, 6) is 0.834. The molecule has 1 aliphatic carbocycles. The van der Waals surface area contributed by atoms with Crippen molar-refractivity contribution in [1.29, 1.82) is 0 Å². The van der Waals surface area contributed by atoms with Gasteiger partial charge in [-0.25, -0.2) is 0 Å². The van der Waals surface area contributed by atoms with Crippen LogP contribution in [0.3, 0.4) is 0 Å². The van der Waals surface area contributed by atoms with Crippen LogP contribution in [0.2, 0.25) is 0 Å².